The standard InChI is InChI=1S/C13H11NO8S/c1-6(11(15)16)14-23(20,21)8-3-2-7-4-10(12(17)18)22-13(19)9(7)5-8/h2-6,14H,1H3,(H,15,16)(H,17,18)/t6-/m1/s1. The molecule has 0 bridgehead atoms. The molecule has 0 amide bonds. The van der Waals surface area contributed by atoms with Gasteiger partial charge in [0.15, 0.2) is 0 Å². The molecular formula is C13H11NO8S. The van der Waals surface area contributed by atoms with E-state index < -0.39 is 39.4 Å². The first-order chi connectivity index (χ1) is 10.6. The lowest BCUT2D eigenvalue weighted by Gasteiger charge is -2.10. The van der Waals surface area contributed by atoms with Crippen molar-refractivity contribution in [3.8, 4) is 0 Å². The highest BCUT2D eigenvalue weighted by molar-refractivity contribution is 7.89. The summed E-state index contributed by atoms with van der Waals surface area (Å²) >= 11 is 0. The second-order valence-corrected chi connectivity index (χ2v) is 6.35. The molecule has 2 aromatic rings. The first-order valence-electron chi connectivity index (χ1n) is 6.18. The fraction of sp³-hybridized carbons (Fsp3) is 0.154. The van der Waals surface area contributed by atoms with Gasteiger partial charge < -0.3 is 14.6 Å². The number of carbonyl (C=O) groups is 2. The van der Waals surface area contributed by atoms with E-state index in [1.807, 2.05) is 4.72 Å². The SMILES string of the molecule is C[C@@H](NS(=O)(=O)c1ccc2cc(C(=O)O)oc(=O)c2c1)C(=O)O. The minimum absolute atomic E-state index is 0.138. The Morgan fingerprint density at radius 2 is 1.87 bits per heavy atom. The minimum atomic E-state index is -4.17. The molecule has 0 aliphatic heterocycles. The molecule has 0 aliphatic rings. The van der Waals surface area contributed by atoms with Gasteiger partial charge in [0.2, 0.25) is 15.8 Å². The van der Waals surface area contributed by atoms with Gasteiger partial charge >= 0.3 is 17.6 Å². The Labute approximate surface area is 129 Å². The molecule has 2 rings (SSSR count). The number of aromatic carboxylic acids is 1. The van der Waals surface area contributed by atoms with E-state index in [9.17, 15) is 22.8 Å². The molecule has 0 radical (unpaired) electrons. The molecule has 0 unspecified atom stereocenters. The van der Waals surface area contributed by atoms with Crippen LogP contribution in [0.1, 0.15) is 17.5 Å². The van der Waals surface area contributed by atoms with Gasteiger partial charge in [0.25, 0.3) is 0 Å². The molecule has 0 aliphatic carbocycles. The molecule has 9 nitrogen and oxygen atoms in total. The van der Waals surface area contributed by atoms with Gasteiger partial charge in [-0.1, -0.05) is 6.07 Å². The van der Waals surface area contributed by atoms with Gasteiger partial charge in [0.1, 0.15) is 6.04 Å². The Morgan fingerprint density at radius 3 is 2.43 bits per heavy atom. The normalized spacial score (nSPS) is 12.9. The van der Waals surface area contributed by atoms with E-state index in [0.29, 0.717) is 0 Å². The lowest BCUT2D eigenvalue weighted by molar-refractivity contribution is -0.138. The van der Waals surface area contributed by atoms with Crippen molar-refractivity contribution in [3.63, 3.8) is 0 Å². The highest BCUT2D eigenvalue weighted by Crippen LogP contribution is 2.18. The van der Waals surface area contributed by atoms with Gasteiger partial charge in [0.05, 0.1) is 10.3 Å². The van der Waals surface area contributed by atoms with E-state index in [1.165, 1.54) is 6.07 Å². The zero-order valence-corrected chi connectivity index (χ0v) is 12.5. The molecule has 0 saturated carbocycles. The van der Waals surface area contributed by atoms with E-state index in [-0.39, 0.29) is 15.7 Å². The molecule has 0 saturated heterocycles. The largest absolute Gasteiger partial charge is 0.480 e. The van der Waals surface area contributed by atoms with Crippen molar-refractivity contribution in [1.82, 2.24) is 4.72 Å². The summed E-state index contributed by atoms with van der Waals surface area (Å²) in [6, 6.07) is 3.08. The molecule has 1 heterocycles. The van der Waals surface area contributed by atoms with Gasteiger partial charge in [0, 0.05) is 0 Å². The summed E-state index contributed by atoms with van der Waals surface area (Å²) in [6.45, 7) is 1.15. The second kappa shape index (κ2) is 5.82. The maximum atomic E-state index is 12.1. The van der Waals surface area contributed by atoms with Crippen LogP contribution in [0.15, 0.2) is 38.4 Å². The van der Waals surface area contributed by atoms with E-state index in [2.05, 4.69) is 4.42 Å². The van der Waals surface area contributed by atoms with Gasteiger partial charge in [-0.15, -0.1) is 0 Å². The Morgan fingerprint density at radius 1 is 1.22 bits per heavy atom. The van der Waals surface area contributed by atoms with Gasteiger partial charge in [-0.25, -0.2) is 18.0 Å². The Hall–Kier alpha value is -2.72. The van der Waals surface area contributed by atoms with Crippen LogP contribution >= 0.6 is 0 Å². The number of sulfonamides is 1. The Balaban J connectivity index is 2.55. The monoisotopic (exact) mass is 341 g/mol. The Kier molecular flexibility index (Phi) is 4.21. The molecule has 1 aromatic carbocycles. The average molecular weight is 341 g/mol. The highest BCUT2D eigenvalue weighted by Gasteiger charge is 2.22. The number of nitrogens with one attached hydrogen (secondary N) is 1. The fourth-order valence-electron chi connectivity index (χ4n) is 1.79. The molecule has 0 fully saturated rings. The summed E-state index contributed by atoms with van der Waals surface area (Å²) in [6.07, 6.45) is 0. The first kappa shape index (κ1) is 16.6. The molecular weight excluding hydrogens is 330 g/mol. The fourth-order valence-corrected chi connectivity index (χ4v) is 3.01. The summed E-state index contributed by atoms with van der Waals surface area (Å²) in [5, 5.41) is 17.6. The van der Waals surface area contributed by atoms with Crippen molar-refractivity contribution in [1.29, 1.82) is 0 Å². The number of aliphatic carboxylic acids is 1. The van der Waals surface area contributed by atoms with E-state index in [4.69, 9.17) is 10.2 Å². The third-order valence-corrected chi connectivity index (χ3v) is 4.50. The minimum Gasteiger partial charge on any atom is -0.480 e. The van der Waals surface area contributed by atoms with Crippen LogP contribution in [-0.4, -0.2) is 36.6 Å². The second-order valence-electron chi connectivity index (χ2n) is 4.63. The molecule has 23 heavy (non-hydrogen) atoms. The third kappa shape index (κ3) is 3.38. The summed E-state index contributed by atoms with van der Waals surface area (Å²) in [4.78, 5) is 33.0. The summed E-state index contributed by atoms with van der Waals surface area (Å²) in [7, 11) is -4.17. The maximum Gasteiger partial charge on any atom is 0.371 e. The van der Waals surface area contributed by atoms with Gasteiger partial charge in [-0.3, -0.25) is 4.79 Å². The van der Waals surface area contributed by atoms with Crippen LogP contribution in [0, 0.1) is 0 Å². The van der Waals surface area contributed by atoms with Crippen molar-refractivity contribution in [2.45, 2.75) is 17.9 Å². The van der Waals surface area contributed by atoms with Crippen LogP contribution in [0.2, 0.25) is 0 Å². The molecule has 10 heteroatoms. The van der Waals surface area contributed by atoms with E-state index in [1.54, 1.807) is 0 Å². The highest BCUT2D eigenvalue weighted by atomic mass is 32.2. The van der Waals surface area contributed by atoms with Crippen molar-refractivity contribution in [3.05, 3.63) is 40.4 Å². The number of rotatable bonds is 5. The number of fused-ring (bicyclic) bond motifs is 1. The average Bonchev–Trinajstić information content (AvgIpc) is 2.46. The summed E-state index contributed by atoms with van der Waals surface area (Å²) in [5.41, 5.74) is -1.01. The number of hydrogen-bond acceptors (Lipinski definition) is 6. The van der Waals surface area contributed by atoms with Crippen molar-refractivity contribution in [2.75, 3.05) is 0 Å². The topological polar surface area (TPSA) is 151 Å². The smallest absolute Gasteiger partial charge is 0.371 e. The molecule has 1 aromatic heterocycles. The molecule has 122 valence electrons. The quantitative estimate of drug-likeness (QED) is 0.699. The number of hydrogen-bond donors (Lipinski definition) is 3. The molecule has 1 atom stereocenters. The number of benzene rings is 1. The predicted octanol–water partition coefficient (Wildman–Crippen LogP) is 0.243. The van der Waals surface area contributed by atoms with Crippen LogP contribution in [0.3, 0.4) is 0 Å². The van der Waals surface area contributed by atoms with Gasteiger partial charge in [-0.05, 0) is 30.5 Å². The lowest BCUT2D eigenvalue weighted by atomic mass is 10.2. The number of carboxylic acids is 2. The maximum absolute atomic E-state index is 12.1. The van der Waals surface area contributed by atoms with Crippen LogP contribution in [0.4, 0.5) is 0 Å². The third-order valence-electron chi connectivity index (χ3n) is 2.96. The lowest BCUT2D eigenvalue weighted by Crippen LogP contribution is -2.38. The first-order valence-corrected chi connectivity index (χ1v) is 7.66. The van der Waals surface area contributed by atoms with Crippen LogP contribution in [0.5, 0.6) is 0 Å². The van der Waals surface area contributed by atoms with Crippen molar-refractivity contribution in [2.24, 2.45) is 0 Å². The molecule has 3 N–H and O–H groups in total. The van der Waals surface area contributed by atoms with Crippen LogP contribution in [0.25, 0.3) is 10.8 Å². The van der Waals surface area contributed by atoms with E-state index >= 15 is 0 Å². The Bertz CT molecular complexity index is 960. The molecule has 0 spiro atoms. The zero-order valence-electron chi connectivity index (χ0n) is 11.6. The number of carboxylic acid groups (broad SMARTS) is 2. The summed E-state index contributed by atoms with van der Waals surface area (Å²) in [5.74, 6) is -3.37. The van der Waals surface area contributed by atoms with Crippen molar-refractivity contribution < 1.29 is 32.6 Å². The zero-order chi connectivity index (χ0) is 17.4. The summed E-state index contributed by atoms with van der Waals surface area (Å²) < 4.78 is 30.7. The van der Waals surface area contributed by atoms with Crippen LogP contribution in [-0.2, 0) is 14.8 Å². The predicted molar refractivity (Wildman–Crippen MR) is 76.9 cm³/mol. The van der Waals surface area contributed by atoms with E-state index in [0.717, 1.165) is 25.1 Å². The van der Waals surface area contributed by atoms with Crippen molar-refractivity contribution >= 4 is 32.7 Å². The van der Waals surface area contributed by atoms with Gasteiger partial charge in [-0.2, -0.15) is 4.72 Å². The van der Waals surface area contributed by atoms with Crippen LogP contribution < -0.4 is 10.3 Å².